The van der Waals surface area contributed by atoms with Crippen LogP contribution >= 0.6 is 0 Å². The fourth-order valence-electron chi connectivity index (χ4n) is 2.00. The van der Waals surface area contributed by atoms with Crippen molar-refractivity contribution in [3.8, 4) is 11.6 Å². The smallest absolute Gasteiger partial charge is 0.219 e. The number of aromatic nitrogens is 1. The second-order valence-electron chi connectivity index (χ2n) is 5.20. The highest BCUT2D eigenvalue weighted by atomic mass is 16.5. The maximum atomic E-state index is 5.89. The van der Waals surface area contributed by atoms with Crippen molar-refractivity contribution in [2.75, 3.05) is 0 Å². The first-order valence-electron chi connectivity index (χ1n) is 7.10. The second kappa shape index (κ2) is 6.53. The molecule has 0 fully saturated rings. The Morgan fingerprint density at radius 1 is 1.15 bits per heavy atom. The summed E-state index contributed by atoms with van der Waals surface area (Å²) in [6.07, 6.45) is 0.991. The van der Waals surface area contributed by atoms with E-state index in [4.69, 9.17) is 10.5 Å². The van der Waals surface area contributed by atoms with Gasteiger partial charge in [0.05, 0.1) is 0 Å². The second-order valence-corrected chi connectivity index (χ2v) is 5.20. The molecular formula is C17H22N2O. The number of pyridine rings is 1. The molecule has 3 nitrogen and oxygen atoms in total. The maximum absolute atomic E-state index is 5.89. The van der Waals surface area contributed by atoms with E-state index in [9.17, 15) is 0 Å². The van der Waals surface area contributed by atoms with Crippen molar-refractivity contribution in [3.63, 3.8) is 0 Å². The number of nitrogens with two attached hydrogens (primary N) is 1. The molecule has 0 aliphatic rings. The Morgan fingerprint density at radius 2 is 1.95 bits per heavy atom. The molecule has 1 aromatic carbocycles. The first-order valence-corrected chi connectivity index (χ1v) is 7.10. The lowest BCUT2D eigenvalue weighted by Crippen LogP contribution is -2.02. The molecule has 1 heterocycles. The van der Waals surface area contributed by atoms with Crippen molar-refractivity contribution in [1.29, 1.82) is 0 Å². The monoisotopic (exact) mass is 270 g/mol. The topological polar surface area (TPSA) is 48.1 Å². The summed E-state index contributed by atoms with van der Waals surface area (Å²) in [4.78, 5) is 4.55. The van der Waals surface area contributed by atoms with Crippen molar-refractivity contribution < 1.29 is 4.74 Å². The SMILES string of the molecule is CCc1cccc(Oc2cc(CN)cc(C(C)C)n2)c1. The molecule has 2 N–H and O–H groups in total. The van der Waals surface area contributed by atoms with E-state index in [0.717, 1.165) is 23.4 Å². The van der Waals surface area contributed by atoms with Crippen LogP contribution in [0.3, 0.4) is 0 Å². The Kier molecular flexibility index (Phi) is 4.74. The number of aryl methyl sites for hydroxylation is 1. The van der Waals surface area contributed by atoms with E-state index in [-0.39, 0.29) is 0 Å². The van der Waals surface area contributed by atoms with Crippen LogP contribution in [0.4, 0.5) is 0 Å². The van der Waals surface area contributed by atoms with Crippen LogP contribution in [-0.2, 0) is 13.0 Å². The van der Waals surface area contributed by atoms with Gasteiger partial charge >= 0.3 is 0 Å². The largest absolute Gasteiger partial charge is 0.439 e. The van der Waals surface area contributed by atoms with Crippen LogP contribution < -0.4 is 10.5 Å². The van der Waals surface area contributed by atoms with Gasteiger partial charge in [0, 0.05) is 18.3 Å². The van der Waals surface area contributed by atoms with E-state index in [1.165, 1.54) is 5.56 Å². The van der Waals surface area contributed by atoms with Crippen molar-refractivity contribution >= 4 is 0 Å². The predicted octanol–water partition coefficient (Wildman–Crippen LogP) is 4.02. The van der Waals surface area contributed by atoms with Gasteiger partial charge in [-0.2, -0.15) is 0 Å². The van der Waals surface area contributed by atoms with E-state index >= 15 is 0 Å². The Balaban J connectivity index is 2.29. The van der Waals surface area contributed by atoms with Crippen LogP contribution in [0.15, 0.2) is 36.4 Å². The van der Waals surface area contributed by atoms with Gasteiger partial charge in [0.1, 0.15) is 5.75 Å². The molecule has 0 bridgehead atoms. The molecule has 2 rings (SSSR count). The third kappa shape index (κ3) is 3.58. The van der Waals surface area contributed by atoms with Crippen molar-refractivity contribution in [2.45, 2.75) is 39.7 Å². The van der Waals surface area contributed by atoms with Crippen LogP contribution in [0.25, 0.3) is 0 Å². The summed E-state index contributed by atoms with van der Waals surface area (Å²) >= 11 is 0. The van der Waals surface area contributed by atoms with Gasteiger partial charge in [-0.05, 0) is 41.7 Å². The van der Waals surface area contributed by atoms with Gasteiger partial charge in [-0.3, -0.25) is 0 Å². The quantitative estimate of drug-likeness (QED) is 0.892. The van der Waals surface area contributed by atoms with Crippen LogP contribution in [-0.4, -0.2) is 4.98 Å². The molecule has 1 aromatic heterocycles. The highest BCUT2D eigenvalue weighted by molar-refractivity contribution is 5.34. The highest BCUT2D eigenvalue weighted by Gasteiger charge is 2.07. The lowest BCUT2D eigenvalue weighted by Gasteiger charge is -2.11. The molecule has 0 saturated carbocycles. The highest BCUT2D eigenvalue weighted by Crippen LogP contribution is 2.24. The van der Waals surface area contributed by atoms with Crippen LogP contribution in [0, 0.1) is 0 Å². The van der Waals surface area contributed by atoms with Crippen molar-refractivity contribution in [3.05, 3.63) is 53.2 Å². The maximum Gasteiger partial charge on any atom is 0.219 e. The van der Waals surface area contributed by atoms with Crippen LogP contribution in [0.1, 0.15) is 43.5 Å². The Labute approximate surface area is 120 Å². The van der Waals surface area contributed by atoms with Crippen molar-refractivity contribution in [2.24, 2.45) is 5.73 Å². The van der Waals surface area contributed by atoms with E-state index < -0.39 is 0 Å². The summed E-state index contributed by atoms with van der Waals surface area (Å²) in [5, 5.41) is 0. The van der Waals surface area contributed by atoms with Gasteiger partial charge in [0.25, 0.3) is 0 Å². The molecule has 0 unspecified atom stereocenters. The Bertz CT molecular complexity index is 579. The van der Waals surface area contributed by atoms with Gasteiger partial charge in [-0.1, -0.05) is 32.9 Å². The predicted molar refractivity (Wildman–Crippen MR) is 82.1 cm³/mol. The fourth-order valence-corrected chi connectivity index (χ4v) is 2.00. The minimum absolute atomic E-state index is 0.353. The van der Waals surface area contributed by atoms with Crippen LogP contribution in [0.2, 0.25) is 0 Å². The molecule has 0 aliphatic carbocycles. The van der Waals surface area contributed by atoms with Gasteiger partial charge in [0.15, 0.2) is 0 Å². The van der Waals surface area contributed by atoms with Gasteiger partial charge in [-0.15, -0.1) is 0 Å². The lowest BCUT2D eigenvalue weighted by atomic mass is 10.1. The molecule has 2 aromatic rings. The van der Waals surface area contributed by atoms with E-state index in [2.05, 4.69) is 31.8 Å². The zero-order chi connectivity index (χ0) is 14.5. The minimum atomic E-state index is 0.353. The molecule has 0 radical (unpaired) electrons. The summed E-state index contributed by atoms with van der Waals surface area (Å²) in [5.74, 6) is 1.79. The van der Waals surface area contributed by atoms with E-state index in [0.29, 0.717) is 18.3 Å². The third-order valence-corrected chi connectivity index (χ3v) is 3.24. The third-order valence-electron chi connectivity index (χ3n) is 3.24. The van der Waals surface area contributed by atoms with Crippen molar-refractivity contribution in [1.82, 2.24) is 4.98 Å². The summed E-state index contributed by atoms with van der Waals surface area (Å²) in [5.41, 5.74) is 9.05. The average molecular weight is 270 g/mol. The lowest BCUT2D eigenvalue weighted by molar-refractivity contribution is 0.458. The average Bonchev–Trinajstić information content (AvgIpc) is 2.47. The molecule has 0 spiro atoms. The number of ether oxygens (including phenoxy) is 1. The minimum Gasteiger partial charge on any atom is -0.439 e. The first kappa shape index (κ1) is 14.5. The van der Waals surface area contributed by atoms with Crippen LogP contribution in [0.5, 0.6) is 11.6 Å². The molecule has 20 heavy (non-hydrogen) atoms. The normalized spacial score (nSPS) is 10.8. The molecule has 3 heteroatoms. The van der Waals surface area contributed by atoms with Gasteiger partial charge in [-0.25, -0.2) is 4.98 Å². The number of rotatable bonds is 5. The van der Waals surface area contributed by atoms with Gasteiger partial charge < -0.3 is 10.5 Å². The Hall–Kier alpha value is -1.87. The number of nitrogens with zero attached hydrogens (tertiary/aromatic N) is 1. The zero-order valence-electron chi connectivity index (χ0n) is 12.4. The summed E-state index contributed by atoms with van der Waals surface area (Å²) in [7, 11) is 0. The summed E-state index contributed by atoms with van der Waals surface area (Å²) in [6, 6.07) is 12.0. The fraction of sp³-hybridized carbons (Fsp3) is 0.353. The molecular weight excluding hydrogens is 248 g/mol. The standard InChI is InChI=1S/C17H22N2O/c1-4-13-6-5-7-15(8-13)20-17-10-14(11-18)9-16(19-17)12(2)3/h5-10,12H,4,11,18H2,1-3H3. The van der Waals surface area contributed by atoms with E-state index in [1.54, 1.807) is 0 Å². The molecule has 0 saturated heterocycles. The number of hydrogen-bond donors (Lipinski definition) is 1. The summed E-state index contributed by atoms with van der Waals surface area (Å²) in [6.45, 7) is 6.85. The van der Waals surface area contributed by atoms with Gasteiger partial charge in [0.2, 0.25) is 5.88 Å². The van der Waals surface area contributed by atoms with E-state index in [1.807, 2.05) is 30.3 Å². The first-order chi connectivity index (χ1) is 9.62. The molecule has 0 aliphatic heterocycles. The zero-order valence-corrected chi connectivity index (χ0v) is 12.4. The molecule has 0 atom stereocenters. The number of benzene rings is 1. The Morgan fingerprint density at radius 3 is 2.60 bits per heavy atom. The molecule has 0 amide bonds. The number of hydrogen-bond acceptors (Lipinski definition) is 3. The summed E-state index contributed by atoms with van der Waals surface area (Å²) < 4.78 is 5.89. The molecule has 106 valence electrons.